The van der Waals surface area contributed by atoms with Crippen molar-refractivity contribution in [2.45, 2.75) is 26.8 Å². The number of aryl methyl sites for hydroxylation is 1. The van der Waals surface area contributed by atoms with Gasteiger partial charge < -0.3 is 15.4 Å². The maximum Gasteiger partial charge on any atom is 0.323 e. The summed E-state index contributed by atoms with van der Waals surface area (Å²) in [5, 5.41) is 6.10. The first-order valence-corrected chi connectivity index (χ1v) is 7.07. The quantitative estimate of drug-likeness (QED) is 0.815. The minimum absolute atomic E-state index is 0.336. The molecule has 112 valence electrons. The zero-order chi connectivity index (χ0) is 15.1. The van der Waals surface area contributed by atoms with Gasteiger partial charge in [0, 0.05) is 13.6 Å². The molecule has 0 bridgehead atoms. The molecule has 1 heterocycles. The van der Waals surface area contributed by atoms with Crippen molar-refractivity contribution in [1.82, 2.24) is 15.0 Å². The maximum atomic E-state index is 5.46. The van der Waals surface area contributed by atoms with Crippen LogP contribution in [0.5, 0.6) is 6.01 Å². The fraction of sp³-hybridized carbons (Fsp3) is 0.400. The van der Waals surface area contributed by atoms with Crippen LogP contribution in [0, 0.1) is 6.92 Å². The summed E-state index contributed by atoms with van der Waals surface area (Å²) in [6.07, 6.45) is 0.909. The number of nitrogens with one attached hydrogen (secondary N) is 2. The molecule has 0 saturated heterocycles. The van der Waals surface area contributed by atoms with Crippen LogP contribution in [0.25, 0.3) is 0 Å². The van der Waals surface area contributed by atoms with E-state index in [0.29, 0.717) is 31.1 Å². The summed E-state index contributed by atoms with van der Waals surface area (Å²) in [6.45, 7) is 5.35. The van der Waals surface area contributed by atoms with E-state index in [1.807, 2.05) is 6.92 Å². The average Bonchev–Trinajstić information content (AvgIpc) is 2.52. The molecular formula is C15H21N5O. The zero-order valence-electron chi connectivity index (χ0n) is 12.7. The van der Waals surface area contributed by atoms with E-state index in [0.717, 1.165) is 6.42 Å². The van der Waals surface area contributed by atoms with Gasteiger partial charge in [-0.15, -0.1) is 0 Å². The van der Waals surface area contributed by atoms with E-state index in [-0.39, 0.29) is 0 Å². The first kappa shape index (κ1) is 15.0. The van der Waals surface area contributed by atoms with Gasteiger partial charge in [-0.3, -0.25) is 0 Å². The number of aromatic nitrogens is 3. The molecule has 0 atom stereocenters. The molecule has 1 aromatic heterocycles. The van der Waals surface area contributed by atoms with Gasteiger partial charge in [-0.2, -0.15) is 15.0 Å². The van der Waals surface area contributed by atoms with E-state index in [4.69, 9.17) is 4.74 Å². The molecule has 0 spiro atoms. The molecule has 0 amide bonds. The van der Waals surface area contributed by atoms with Gasteiger partial charge in [0.15, 0.2) is 0 Å². The van der Waals surface area contributed by atoms with Crippen molar-refractivity contribution in [1.29, 1.82) is 0 Å². The lowest BCUT2D eigenvalue weighted by Crippen LogP contribution is -2.09. The molecule has 0 fully saturated rings. The maximum absolute atomic E-state index is 5.46. The average molecular weight is 287 g/mol. The van der Waals surface area contributed by atoms with Crippen molar-refractivity contribution >= 4 is 11.9 Å². The number of hydrogen-bond donors (Lipinski definition) is 2. The van der Waals surface area contributed by atoms with Gasteiger partial charge in [0.1, 0.15) is 0 Å². The standard InChI is InChI=1S/C15H21N5O/c1-4-9-21-15-19-13(16-3)18-14(20-15)17-10-12-7-5-11(2)6-8-12/h5-8H,4,9-10H2,1-3H3,(H2,16,17,18,19,20). The highest BCUT2D eigenvalue weighted by Gasteiger charge is 2.06. The fourth-order valence-electron chi connectivity index (χ4n) is 1.69. The summed E-state index contributed by atoms with van der Waals surface area (Å²) in [7, 11) is 1.77. The number of ether oxygens (including phenoxy) is 1. The second-order valence-corrected chi connectivity index (χ2v) is 4.70. The van der Waals surface area contributed by atoms with Crippen molar-refractivity contribution in [3.63, 3.8) is 0 Å². The summed E-state index contributed by atoms with van der Waals surface area (Å²) < 4.78 is 5.46. The van der Waals surface area contributed by atoms with Crippen LogP contribution in [0.3, 0.4) is 0 Å². The normalized spacial score (nSPS) is 10.2. The van der Waals surface area contributed by atoms with E-state index in [1.54, 1.807) is 7.05 Å². The number of nitrogens with zero attached hydrogens (tertiary/aromatic N) is 3. The highest BCUT2D eigenvalue weighted by molar-refractivity contribution is 5.36. The molecule has 6 heteroatoms. The van der Waals surface area contributed by atoms with E-state index in [2.05, 4.69) is 56.8 Å². The van der Waals surface area contributed by atoms with E-state index in [1.165, 1.54) is 11.1 Å². The monoisotopic (exact) mass is 287 g/mol. The van der Waals surface area contributed by atoms with E-state index >= 15 is 0 Å². The van der Waals surface area contributed by atoms with Gasteiger partial charge in [0.05, 0.1) is 6.61 Å². The van der Waals surface area contributed by atoms with Crippen LogP contribution in [0.15, 0.2) is 24.3 Å². The minimum atomic E-state index is 0.336. The highest BCUT2D eigenvalue weighted by atomic mass is 16.5. The third-order valence-electron chi connectivity index (χ3n) is 2.85. The van der Waals surface area contributed by atoms with Crippen LogP contribution in [0.4, 0.5) is 11.9 Å². The lowest BCUT2D eigenvalue weighted by molar-refractivity contribution is 0.292. The Morgan fingerprint density at radius 1 is 1.05 bits per heavy atom. The van der Waals surface area contributed by atoms with Crippen LogP contribution in [0.2, 0.25) is 0 Å². The van der Waals surface area contributed by atoms with E-state index < -0.39 is 0 Å². The molecule has 0 saturated carbocycles. The molecule has 0 aliphatic carbocycles. The fourth-order valence-corrected chi connectivity index (χ4v) is 1.69. The van der Waals surface area contributed by atoms with Crippen LogP contribution < -0.4 is 15.4 Å². The van der Waals surface area contributed by atoms with Gasteiger partial charge in [0.2, 0.25) is 11.9 Å². The first-order chi connectivity index (χ1) is 10.2. The van der Waals surface area contributed by atoms with Crippen molar-refractivity contribution in [3.8, 4) is 6.01 Å². The third kappa shape index (κ3) is 4.59. The van der Waals surface area contributed by atoms with Crippen molar-refractivity contribution in [2.75, 3.05) is 24.3 Å². The summed E-state index contributed by atoms with van der Waals surface area (Å²) in [5.74, 6) is 0.989. The van der Waals surface area contributed by atoms with Crippen molar-refractivity contribution in [3.05, 3.63) is 35.4 Å². The van der Waals surface area contributed by atoms with E-state index in [9.17, 15) is 0 Å². The minimum Gasteiger partial charge on any atom is -0.463 e. The highest BCUT2D eigenvalue weighted by Crippen LogP contribution is 2.12. The summed E-state index contributed by atoms with van der Waals surface area (Å²) >= 11 is 0. The molecule has 1 aromatic carbocycles. The zero-order valence-corrected chi connectivity index (χ0v) is 12.7. The molecule has 0 aliphatic rings. The first-order valence-electron chi connectivity index (χ1n) is 7.07. The summed E-state index contributed by atoms with van der Waals surface area (Å²) in [5.41, 5.74) is 2.41. The Morgan fingerprint density at radius 2 is 1.76 bits per heavy atom. The molecule has 2 aromatic rings. The number of rotatable bonds is 7. The Kier molecular flexibility index (Phi) is 5.31. The van der Waals surface area contributed by atoms with Gasteiger partial charge in [-0.25, -0.2) is 0 Å². The lowest BCUT2D eigenvalue weighted by atomic mass is 10.1. The van der Waals surface area contributed by atoms with Crippen LogP contribution in [-0.2, 0) is 6.54 Å². The molecule has 21 heavy (non-hydrogen) atoms. The Hall–Kier alpha value is -2.37. The summed E-state index contributed by atoms with van der Waals surface area (Å²) in [4.78, 5) is 12.7. The van der Waals surface area contributed by atoms with Gasteiger partial charge >= 0.3 is 6.01 Å². The molecule has 6 nitrogen and oxygen atoms in total. The summed E-state index contributed by atoms with van der Waals surface area (Å²) in [6, 6.07) is 8.66. The molecule has 2 rings (SSSR count). The molecule has 2 N–H and O–H groups in total. The van der Waals surface area contributed by atoms with Crippen LogP contribution in [0.1, 0.15) is 24.5 Å². The van der Waals surface area contributed by atoms with Crippen molar-refractivity contribution < 1.29 is 4.74 Å². The van der Waals surface area contributed by atoms with Gasteiger partial charge in [0.25, 0.3) is 0 Å². The molecule has 0 unspecified atom stereocenters. The number of hydrogen-bond acceptors (Lipinski definition) is 6. The SMILES string of the molecule is CCCOc1nc(NC)nc(NCc2ccc(C)cc2)n1. The predicted molar refractivity (Wildman–Crippen MR) is 83.7 cm³/mol. The van der Waals surface area contributed by atoms with Crippen LogP contribution >= 0.6 is 0 Å². The Morgan fingerprint density at radius 3 is 2.43 bits per heavy atom. The lowest BCUT2D eigenvalue weighted by Gasteiger charge is -2.09. The smallest absolute Gasteiger partial charge is 0.323 e. The van der Waals surface area contributed by atoms with Crippen LogP contribution in [-0.4, -0.2) is 28.6 Å². The second-order valence-electron chi connectivity index (χ2n) is 4.70. The topological polar surface area (TPSA) is 72.0 Å². The van der Waals surface area contributed by atoms with Crippen molar-refractivity contribution in [2.24, 2.45) is 0 Å². The molecule has 0 aliphatic heterocycles. The third-order valence-corrected chi connectivity index (χ3v) is 2.85. The number of benzene rings is 1. The predicted octanol–water partition coefficient (Wildman–Crippen LogP) is 2.62. The Labute approximate surface area is 125 Å². The number of anilines is 2. The van der Waals surface area contributed by atoms with Gasteiger partial charge in [-0.1, -0.05) is 36.8 Å². The Bertz CT molecular complexity index is 571. The molecular weight excluding hydrogens is 266 g/mol. The largest absolute Gasteiger partial charge is 0.463 e. The Balaban J connectivity index is 2.05. The van der Waals surface area contributed by atoms with Gasteiger partial charge in [-0.05, 0) is 18.9 Å². The molecule has 0 radical (unpaired) electrons. The second kappa shape index (κ2) is 7.42.